The average Bonchev–Trinajstić information content (AvgIpc) is 2.32. The first-order valence-corrected chi connectivity index (χ1v) is 6.32. The van der Waals surface area contributed by atoms with Crippen molar-refractivity contribution in [1.82, 2.24) is 4.90 Å². The molecule has 0 radical (unpaired) electrons. The van der Waals surface area contributed by atoms with Gasteiger partial charge in [0.1, 0.15) is 5.82 Å². The van der Waals surface area contributed by atoms with Gasteiger partial charge in [-0.25, -0.2) is 4.39 Å². The number of carbonyl (C=O) groups is 2. The Balaban J connectivity index is 2.21. The molecule has 1 aromatic carbocycles. The van der Waals surface area contributed by atoms with Crippen molar-refractivity contribution in [2.45, 2.75) is 25.4 Å². The van der Waals surface area contributed by atoms with Gasteiger partial charge in [0.25, 0.3) is 0 Å². The normalized spacial score (nSPS) is 20.4. The molecule has 96 valence electrons. The van der Waals surface area contributed by atoms with E-state index in [4.69, 9.17) is 5.73 Å². The van der Waals surface area contributed by atoms with Crippen LogP contribution in [-0.4, -0.2) is 22.8 Å². The Labute approximate surface area is 112 Å². The Morgan fingerprint density at radius 1 is 1.44 bits per heavy atom. The number of piperidine rings is 1. The van der Waals surface area contributed by atoms with Gasteiger partial charge in [0.15, 0.2) is 0 Å². The predicted molar refractivity (Wildman–Crippen MR) is 66.9 cm³/mol. The van der Waals surface area contributed by atoms with Crippen LogP contribution < -0.4 is 5.73 Å². The summed E-state index contributed by atoms with van der Waals surface area (Å²) in [6, 6.07) is 3.84. The van der Waals surface area contributed by atoms with Crippen molar-refractivity contribution in [2.75, 3.05) is 0 Å². The van der Waals surface area contributed by atoms with Crippen molar-refractivity contribution < 1.29 is 14.0 Å². The van der Waals surface area contributed by atoms with Crippen molar-refractivity contribution in [3.8, 4) is 0 Å². The third-order valence-corrected chi connectivity index (χ3v) is 3.39. The van der Waals surface area contributed by atoms with Crippen LogP contribution in [0.3, 0.4) is 0 Å². The van der Waals surface area contributed by atoms with E-state index in [2.05, 4.69) is 15.9 Å². The van der Waals surface area contributed by atoms with Gasteiger partial charge in [-0.2, -0.15) is 0 Å². The van der Waals surface area contributed by atoms with E-state index in [1.807, 2.05) is 0 Å². The maximum absolute atomic E-state index is 13.6. The van der Waals surface area contributed by atoms with Crippen LogP contribution in [-0.2, 0) is 16.1 Å². The van der Waals surface area contributed by atoms with Gasteiger partial charge in [-0.15, -0.1) is 0 Å². The van der Waals surface area contributed by atoms with E-state index in [9.17, 15) is 14.0 Å². The second-order valence-corrected chi connectivity index (χ2v) is 5.11. The fourth-order valence-corrected chi connectivity index (χ4v) is 2.18. The van der Waals surface area contributed by atoms with Crippen LogP contribution in [0.2, 0.25) is 0 Å². The average molecular weight is 315 g/mol. The molecule has 2 rings (SSSR count). The molecule has 0 bridgehead atoms. The minimum atomic E-state index is -0.666. The van der Waals surface area contributed by atoms with Gasteiger partial charge in [-0.3, -0.25) is 14.5 Å². The molecule has 2 amide bonds. The highest BCUT2D eigenvalue weighted by atomic mass is 79.9. The zero-order valence-corrected chi connectivity index (χ0v) is 11.1. The smallest absolute Gasteiger partial charge is 0.246 e. The van der Waals surface area contributed by atoms with Gasteiger partial charge in [0.05, 0.1) is 12.6 Å². The van der Waals surface area contributed by atoms with Gasteiger partial charge in [0.2, 0.25) is 11.8 Å². The van der Waals surface area contributed by atoms with Gasteiger partial charge < -0.3 is 5.73 Å². The maximum atomic E-state index is 13.6. The summed E-state index contributed by atoms with van der Waals surface area (Å²) >= 11 is 3.15. The Hall–Kier alpha value is -1.27. The number of rotatable bonds is 2. The number of nitrogens with two attached hydrogens (primary N) is 1. The molecule has 1 heterocycles. The number of carbonyl (C=O) groups excluding carboxylic acids is 2. The summed E-state index contributed by atoms with van der Waals surface area (Å²) in [5.41, 5.74) is 5.90. The number of hydrogen-bond donors (Lipinski definition) is 1. The monoisotopic (exact) mass is 314 g/mol. The fourth-order valence-electron chi connectivity index (χ4n) is 1.85. The summed E-state index contributed by atoms with van der Waals surface area (Å²) in [7, 11) is 0. The number of likely N-dealkylation sites (tertiary alicyclic amines) is 1. The van der Waals surface area contributed by atoms with Crippen LogP contribution in [0.15, 0.2) is 22.7 Å². The Bertz CT molecular complexity index is 507. The minimum Gasteiger partial charge on any atom is -0.320 e. The van der Waals surface area contributed by atoms with Crippen molar-refractivity contribution in [2.24, 2.45) is 5.73 Å². The summed E-state index contributed by atoms with van der Waals surface area (Å²) in [4.78, 5) is 24.4. The zero-order valence-electron chi connectivity index (χ0n) is 9.53. The first-order chi connectivity index (χ1) is 8.49. The molecule has 4 nitrogen and oxygen atoms in total. The quantitative estimate of drug-likeness (QED) is 0.843. The number of amides is 2. The zero-order chi connectivity index (χ0) is 13.3. The molecule has 0 spiro atoms. The highest BCUT2D eigenvalue weighted by molar-refractivity contribution is 9.10. The van der Waals surface area contributed by atoms with Crippen molar-refractivity contribution in [3.63, 3.8) is 0 Å². The number of imide groups is 1. The molecular weight excluding hydrogens is 303 g/mol. The van der Waals surface area contributed by atoms with Crippen LogP contribution in [0.1, 0.15) is 18.4 Å². The first kappa shape index (κ1) is 13.2. The molecule has 0 aliphatic carbocycles. The summed E-state index contributed by atoms with van der Waals surface area (Å²) in [6.45, 7) is -0.0650. The fraction of sp³-hybridized carbons (Fsp3) is 0.333. The van der Waals surface area contributed by atoms with Crippen molar-refractivity contribution in [3.05, 3.63) is 34.1 Å². The lowest BCUT2D eigenvalue weighted by atomic mass is 10.0. The summed E-state index contributed by atoms with van der Waals surface area (Å²) < 4.78 is 14.3. The predicted octanol–water partition coefficient (Wildman–Crippen LogP) is 1.56. The third kappa shape index (κ3) is 2.59. The van der Waals surface area contributed by atoms with E-state index in [-0.39, 0.29) is 18.9 Å². The lowest BCUT2D eigenvalue weighted by Gasteiger charge is -2.28. The molecule has 1 atom stereocenters. The molecule has 18 heavy (non-hydrogen) atoms. The number of hydrogen-bond acceptors (Lipinski definition) is 3. The van der Waals surface area contributed by atoms with E-state index in [1.54, 1.807) is 12.1 Å². The van der Waals surface area contributed by atoms with E-state index in [1.165, 1.54) is 6.07 Å². The molecule has 1 aliphatic heterocycles. The Morgan fingerprint density at radius 2 is 2.17 bits per heavy atom. The standard InChI is InChI=1S/C12H12BrFN2O2/c13-8-2-1-7(9(14)5-8)6-16-11(17)4-3-10(15)12(16)18/h1-2,5,10H,3-4,6,15H2. The van der Waals surface area contributed by atoms with Crippen molar-refractivity contribution in [1.29, 1.82) is 0 Å². The van der Waals surface area contributed by atoms with Gasteiger partial charge in [-0.1, -0.05) is 22.0 Å². The lowest BCUT2D eigenvalue weighted by Crippen LogP contribution is -2.50. The highest BCUT2D eigenvalue weighted by Gasteiger charge is 2.32. The molecule has 0 aromatic heterocycles. The van der Waals surface area contributed by atoms with Gasteiger partial charge >= 0.3 is 0 Å². The lowest BCUT2D eigenvalue weighted by molar-refractivity contribution is -0.149. The van der Waals surface area contributed by atoms with Crippen LogP contribution >= 0.6 is 15.9 Å². The molecule has 1 saturated heterocycles. The van der Waals surface area contributed by atoms with Crippen LogP contribution in [0, 0.1) is 5.82 Å². The molecular formula is C12H12BrFN2O2. The summed E-state index contributed by atoms with van der Waals surface area (Å²) in [5, 5.41) is 0. The molecule has 1 unspecified atom stereocenters. The number of benzene rings is 1. The minimum absolute atomic E-state index is 0.0650. The van der Waals surface area contributed by atoms with Gasteiger partial charge in [0, 0.05) is 16.5 Å². The summed E-state index contributed by atoms with van der Waals surface area (Å²) in [6.07, 6.45) is 0.585. The molecule has 6 heteroatoms. The van der Waals surface area contributed by atoms with E-state index < -0.39 is 17.8 Å². The summed E-state index contributed by atoms with van der Waals surface area (Å²) in [5.74, 6) is -1.19. The van der Waals surface area contributed by atoms with Gasteiger partial charge in [-0.05, 0) is 18.6 Å². The van der Waals surface area contributed by atoms with E-state index in [0.29, 0.717) is 16.5 Å². The second-order valence-electron chi connectivity index (χ2n) is 4.20. The second kappa shape index (κ2) is 5.16. The SMILES string of the molecule is NC1CCC(=O)N(Cc2ccc(Br)cc2F)C1=O. The molecule has 2 N–H and O–H groups in total. The maximum Gasteiger partial charge on any atom is 0.246 e. The molecule has 1 aromatic rings. The van der Waals surface area contributed by atoms with Crippen LogP contribution in [0.25, 0.3) is 0 Å². The molecule has 1 aliphatic rings. The number of nitrogens with zero attached hydrogens (tertiary/aromatic N) is 1. The van der Waals surface area contributed by atoms with E-state index >= 15 is 0 Å². The number of halogens is 2. The first-order valence-electron chi connectivity index (χ1n) is 5.53. The topological polar surface area (TPSA) is 63.4 Å². The van der Waals surface area contributed by atoms with Crippen LogP contribution in [0.4, 0.5) is 4.39 Å². The molecule has 1 fully saturated rings. The Morgan fingerprint density at radius 3 is 2.83 bits per heavy atom. The largest absolute Gasteiger partial charge is 0.320 e. The Kier molecular flexibility index (Phi) is 3.77. The highest BCUT2D eigenvalue weighted by Crippen LogP contribution is 2.20. The van der Waals surface area contributed by atoms with Crippen molar-refractivity contribution >= 4 is 27.7 Å². The molecule has 0 saturated carbocycles. The van der Waals surface area contributed by atoms with Crippen LogP contribution in [0.5, 0.6) is 0 Å². The third-order valence-electron chi connectivity index (χ3n) is 2.90. The van der Waals surface area contributed by atoms with E-state index in [0.717, 1.165) is 4.90 Å².